The minimum Gasteiger partial charge on any atom is -0.327 e. The second-order valence-electron chi connectivity index (χ2n) is 4.91. The van der Waals surface area contributed by atoms with E-state index in [4.69, 9.17) is 5.73 Å². The molecule has 0 spiro atoms. The van der Waals surface area contributed by atoms with Crippen LogP contribution in [-0.2, 0) is 0 Å². The van der Waals surface area contributed by atoms with Crippen molar-refractivity contribution < 1.29 is 0 Å². The van der Waals surface area contributed by atoms with E-state index in [1.54, 1.807) is 0 Å². The van der Waals surface area contributed by atoms with Gasteiger partial charge >= 0.3 is 0 Å². The Kier molecular flexibility index (Phi) is 5.54. The first-order valence-corrected chi connectivity index (χ1v) is 6.55. The van der Waals surface area contributed by atoms with Crippen LogP contribution in [0.1, 0.15) is 65.2 Å². The van der Waals surface area contributed by atoms with Crippen LogP contribution in [0.15, 0.2) is 0 Å². The molecule has 2 N–H and O–H groups in total. The van der Waals surface area contributed by atoms with Gasteiger partial charge in [0.2, 0.25) is 0 Å². The van der Waals surface area contributed by atoms with Gasteiger partial charge in [-0.25, -0.2) is 0 Å². The van der Waals surface area contributed by atoms with Gasteiger partial charge in [0.1, 0.15) is 0 Å². The van der Waals surface area contributed by atoms with Crippen LogP contribution in [0.4, 0.5) is 0 Å². The van der Waals surface area contributed by atoms with Crippen LogP contribution >= 0.6 is 0 Å². The lowest BCUT2D eigenvalue weighted by Crippen LogP contribution is -2.37. The lowest BCUT2D eigenvalue weighted by molar-refractivity contribution is 0.270. The largest absolute Gasteiger partial charge is 0.327 e. The molecule has 0 aliphatic heterocycles. The van der Waals surface area contributed by atoms with Crippen molar-refractivity contribution in [2.45, 2.75) is 71.3 Å². The molecule has 1 heteroatoms. The first-order chi connectivity index (χ1) is 6.79. The highest BCUT2D eigenvalue weighted by molar-refractivity contribution is 4.80. The van der Waals surface area contributed by atoms with E-state index in [1.165, 1.54) is 51.4 Å². The topological polar surface area (TPSA) is 26.0 Å². The molecule has 1 saturated carbocycles. The van der Waals surface area contributed by atoms with Crippen molar-refractivity contribution >= 4 is 0 Å². The minimum atomic E-state index is 0.475. The Labute approximate surface area is 89.5 Å². The smallest absolute Gasteiger partial charge is 0.00954 e. The summed E-state index contributed by atoms with van der Waals surface area (Å²) in [5, 5.41) is 0. The summed E-state index contributed by atoms with van der Waals surface area (Å²) >= 11 is 0. The molecule has 1 fully saturated rings. The number of hydrogen-bond acceptors (Lipinski definition) is 1. The van der Waals surface area contributed by atoms with Crippen molar-refractivity contribution in [2.75, 3.05) is 0 Å². The standard InChI is InChI=1S/C13H27N/c1-3-11(4-2)13(14)12-9-7-5-6-8-10-12/h11-13H,3-10,14H2,1-2H3. The third kappa shape index (κ3) is 3.27. The third-order valence-electron chi connectivity index (χ3n) is 4.04. The fourth-order valence-electron chi connectivity index (χ4n) is 2.91. The van der Waals surface area contributed by atoms with Gasteiger partial charge in [0.25, 0.3) is 0 Å². The summed E-state index contributed by atoms with van der Waals surface area (Å²) in [6.45, 7) is 4.56. The molecule has 0 bridgehead atoms. The fraction of sp³-hybridized carbons (Fsp3) is 1.00. The molecule has 1 atom stereocenters. The van der Waals surface area contributed by atoms with Gasteiger partial charge in [-0.1, -0.05) is 52.4 Å². The molecule has 1 rings (SSSR count). The van der Waals surface area contributed by atoms with Crippen molar-refractivity contribution in [2.24, 2.45) is 17.6 Å². The summed E-state index contributed by atoms with van der Waals surface area (Å²) in [4.78, 5) is 0. The molecule has 14 heavy (non-hydrogen) atoms. The molecule has 1 aliphatic rings. The highest BCUT2D eigenvalue weighted by atomic mass is 14.7. The van der Waals surface area contributed by atoms with Gasteiger partial charge in [-0.05, 0) is 24.7 Å². The van der Waals surface area contributed by atoms with E-state index in [0.717, 1.165) is 11.8 Å². The molecule has 0 saturated heterocycles. The summed E-state index contributed by atoms with van der Waals surface area (Å²) < 4.78 is 0. The summed E-state index contributed by atoms with van der Waals surface area (Å²) in [7, 11) is 0. The molecule has 0 radical (unpaired) electrons. The van der Waals surface area contributed by atoms with E-state index >= 15 is 0 Å². The zero-order valence-corrected chi connectivity index (χ0v) is 9.97. The third-order valence-corrected chi connectivity index (χ3v) is 4.04. The van der Waals surface area contributed by atoms with Crippen molar-refractivity contribution in [3.8, 4) is 0 Å². The number of hydrogen-bond donors (Lipinski definition) is 1. The molecule has 1 unspecified atom stereocenters. The normalized spacial score (nSPS) is 22.3. The molecule has 0 aromatic heterocycles. The second kappa shape index (κ2) is 6.44. The minimum absolute atomic E-state index is 0.475. The molecular formula is C13H27N. The van der Waals surface area contributed by atoms with Crippen LogP contribution in [0.5, 0.6) is 0 Å². The van der Waals surface area contributed by atoms with E-state index in [2.05, 4.69) is 13.8 Å². The summed E-state index contributed by atoms with van der Waals surface area (Å²) in [5.74, 6) is 1.58. The van der Waals surface area contributed by atoms with Crippen LogP contribution in [0.25, 0.3) is 0 Å². The molecule has 84 valence electrons. The Bertz CT molecular complexity index is 132. The van der Waals surface area contributed by atoms with Crippen LogP contribution in [0.3, 0.4) is 0 Å². The summed E-state index contributed by atoms with van der Waals surface area (Å²) in [6, 6.07) is 0.475. The van der Waals surface area contributed by atoms with Gasteiger partial charge in [0.05, 0.1) is 0 Å². The highest BCUT2D eigenvalue weighted by Gasteiger charge is 2.24. The van der Waals surface area contributed by atoms with Crippen molar-refractivity contribution in [3.05, 3.63) is 0 Å². The predicted octanol–water partition coefficient (Wildman–Crippen LogP) is 3.72. The molecule has 1 aliphatic carbocycles. The predicted molar refractivity (Wildman–Crippen MR) is 63.2 cm³/mol. The zero-order valence-electron chi connectivity index (χ0n) is 9.97. The van der Waals surface area contributed by atoms with E-state index in [-0.39, 0.29) is 0 Å². The number of nitrogens with two attached hydrogens (primary N) is 1. The molecule has 0 aromatic carbocycles. The van der Waals surface area contributed by atoms with Gasteiger partial charge in [0, 0.05) is 6.04 Å². The maximum Gasteiger partial charge on any atom is 0.00954 e. The van der Waals surface area contributed by atoms with Gasteiger partial charge < -0.3 is 5.73 Å². The quantitative estimate of drug-likeness (QED) is 0.683. The van der Waals surface area contributed by atoms with Gasteiger partial charge in [-0.3, -0.25) is 0 Å². The van der Waals surface area contributed by atoms with E-state index < -0.39 is 0 Å². The average molecular weight is 197 g/mol. The Morgan fingerprint density at radius 3 is 1.93 bits per heavy atom. The molecule has 0 heterocycles. The Morgan fingerprint density at radius 1 is 1.00 bits per heavy atom. The number of rotatable bonds is 4. The van der Waals surface area contributed by atoms with E-state index in [0.29, 0.717) is 6.04 Å². The Morgan fingerprint density at radius 2 is 1.50 bits per heavy atom. The lowest BCUT2D eigenvalue weighted by atomic mass is 9.82. The van der Waals surface area contributed by atoms with E-state index in [9.17, 15) is 0 Å². The molecule has 1 nitrogen and oxygen atoms in total. The maximum atomic E-state index is 6.38. The Balaban J connectivity index is 2.43. The highest BCUT2D eigenvalue weighted by Crippen LogP contribution is 2.29. The van der Waals surface area contributed by atoms with Gasteiger partial charge in [-0.15, -0.1) is 0 Å². The van der Waals surface area contributed by atoms with Crippen LogP contribution in [0.2, 0.25) is 0 Å². The van der Waals surface area contributed by atoms with E-state index in [1.807, 2.05) is 0 Å². The molecule has 0 aromatic rings. The van der Waals surface area contributed by atoms with Crippen molar-refractivity contribution in [1.82, 2.24) is 0 Å². The summed E-state index contributed by atoms with van der Waals surface area (Å²) in [5.41, 5.74) is 6.38. The van der Waals surface area contributed by atoms with Crippen molar-refractivity contribution in [1.29, 1.82) is 0 Å². The zero-order chi connectivity index (χ0) is 10.4. The lowest BCUT2D eigenvalue weighted by Gasteiger charge is -2.29. The SMILES string of the molecule is CCC(CC)C(N)C1CCCCCC1. The monoisotopic (exact) mass is 197 g/mol. The first-order valence-electron chi connectivity index (χ1n) is 6.55. The molecule has 0 amide bonds. The summed E-state index contributed by atoms with van der Waals surface area (Å²) in [6.07, 6.45) is 11.0. The average Bonchev–Trinajstić information content (AvgIpc) is 2.47. The van der Waals surface area contributed by atoms with Crippen LogP contribution in [-0.4, -0.2) is 6.04 Å². The second-order valence-corrected chi connectivity index (χ2v) is 4.91. The Hall–Kier alpha value is -0.0400. The van der Waals surface area contributed by atoms with Crippen molar-refractivity contribution in [3.63, 3.8) is 0 Å². The van der Waals surface area contributed by atoms with Gasteiger partial charge in [0.15, 0.2) is 0 Å². The fourth-order valence-corrected chi connectivity index (χ4v) is 2.91. The first kappa shape index (κ1) is 12.0. The molecular weight excluding hydrogens is 170 g/mol. The van der Waals surface area contributed by atoms with Gasteiger partial charge in [-0.2, -0.15) is 0 Å². The maximum absolute atomic E-state index is 6.38. The van der Waals surface area contributed by atoms with Crippen LogP contribution < -0.4 is 5.73 Å². The van der Waals surface area contributed by atoms with Crippen LogP contribution in [0, 0.1) is 11.8 Å².